The van der Waals surface area contributed by atoms with Crippen molar-refractivity contribution >= 4 is 5.97 Å². The summed E-state index contributed by atoms with van der Waals surface area (Å²) in [5.74, 6) is 3.40. The molecule has 0 unspecified atom stereocenters. The zero-order valence-corrected chi connectivity index (χ0v) is 22.4. The van der Waals surface area contributed by atoms with E-state index < -0.39 is 0 Å². The van der Waals surface area contributed by atoms with E-state index in [1.54, 1.807) is 0 Å². The summed E-state index contributed by atoms with van der Waals surface area (Å²) < 4.78 is 5.71. The Morgan fingerprint density at radius 3 is 2.42 bits per heavy atom. The Bertz CT molecular complexity index is 885. The van der Waals surface area contributed by atoms with Crippen LogP contribution >= 0.6 is 0 Å². The van der Waals surface area contributed by atoms with Gasteiger partial charge in [0.15, 0.2) is 0 Å². The Labute approximate surface area is 203 Å². The van der Waals surface area contributed by atoms with Gasteiger partial charge < -0.3 is 4.74 Å². The van der Waals surface area contributed by atoms with Crippen LogP contribution in [-0.2, 0) is 9.53 Å². The summed E-state index contributed by atoms with van der Waals surface area (Å²) in [6.45, 7) is 21.7. The van der Waals surface area contributed by atoms with E-state index >= 15 is 0 Å². The standard InChI is InChI=1S/C31H48O2/c1-19-11-14-28(5)17-18-30(7)24(27(28)20(19)2)9-10-26-29(6)15-13-25(33-22(4)32)21(3)23(29)12-16-31(26,30)8/h9,19-20,23,25-27H,3,10-18H2,1-2,4-8H3/t19-,20+,23+,25+,26-,27+,28-,29+,30-,31-/m1/s1. The van der Waals surface area contributed by atoms with Crippen LogP contribution in [0, 0.1) is 51.2 Å². The van der Waals surface area contributed by atoms with Crippen molar-refractivity contribution in [1.82, 2.24) is 0 Å². The number of esters is 1. The maximum atomic E-state index is 11.7. The van der Waals surface area contributed by atoms with Crippen LogP contribution in [0.15, 0.2) is 23.8 Å². The van der Waals surface area contributed by atoms with Crippen LogP contribution in [0.25, 0.3) is 0 Å². The van der Waals surface area contributed by atoms with Crippen LogP contribution in [0.4, 0.5) is 0 Å². The number of allylic oxidation sites excluding steroid dienone is 2. The lowest BCUT2D eigenvalue weighted by Gasteiger charge is -2.70. The van der Waals surface area contributed by atoms with Crippen molar-refractivity contribution in [1.29, 1.82) is 0 Å². The van der Waals surface area contributed by atoms with Gasteiger partial charge >= 0.3 is 5.97 Å². The highest BCUT2D eigenvalue weighted by molar-refractivity contribution is 5.66. The lowest BCUT2D eigenvalue weighted by Crippen LogP contribution is -2.62. The molecule has 0 amide bonds. The van der Waals surface area contributed by atoms with Gasteiger partial charge in [0.05, 0.1) is 0 Å². The van der Waals surface area contributed by atoms with Gasteiger partial charge in [-0.25, -0.2) is 0 Å². The third-order valence-electron chi connectivity index (χ3n) is 12.8. The van der Waals surface area contributed by atoms with Crippen molar-refractivity contribution in [3.8, 4) is 0 Å². The fraction of sp³-hybridized carbons (Fsp3) is 0.839. The maximum Gasteiger partial charge on any atom is 0.303 e. The summed E-state index contributed by atoms with van der Waals surface area (Å²) in [5, 5.41) is 0. The summed E-state index contributed by atoms with van der Waals surface area (Å²) in [7, 11) is 0. The summed E-state index contributed by atoms with van der Waals surface area (Å²) in [6.07, 6.45) is 14.1. The number of hydrogen-bond donors (Lipinski definition) is 0. The lowest BCUT2D eigenvalue weighted by molar-refractivity contribution is -0.162. The van der Waals surface area contributed by atoms with E-state index in [-0.39, 0.29) is 17.5 Å². The summed E-state index contributed by atoms with van der Waals surface area (Å²) in [6, 6.07) is 0. The van der Waals surface area contributed by atoms with Crippen LogP contribution in [0.2, 0.25) is 0 Å². The molecule has 0 radical (unpaired) electrons. The summed E-state index contributed by atoms with van der Waals surface area (Å²) in [4.78, 5) is 11.7. The molecule has 5 rings (SSSR count). The molecule has 2 heteroatoms. The van der Waals surface area contributed by atoms with Crippen LogP contribution in [-0.4, -0.2) is 12.1 Å². The SMILES string of the molecule is C=C1[C@@H](OC(C)=O)CC[C@]2(C)[C@H]3CC=C4[C@@H]5[C@@H](C)[C@H](C)CC[C@]5(C)CC[C@@]4(C)[C@]3(C)CC[C@@H]12. The van der Waals surface area contributed by atoms with Crippen molar-refractivity contribution in [2.24, 2.45) is 51.2 Å². The minimum absolute atomic E-state index is 0.0739. The predicted molar refractivity (Wildman–Crippen MR) is 136 cm³/mol. The molecule has 5 aliphatic carbocycles. The molecular weight excluding hydrogens is 404 g/mol. The number of hydrogen-bond acceptors (Lipinski definition) is 2. The van der Waals surface area contributed by atoms with Gasteiger partial charge in [-0.2, -0.15) is 0 Å². The maximum absolute atomic E-state index is 11.7. The normalized spacial score (nSPS) is 53.7. The van der Waals surface area contributed by atoms with E-state index in [0.29, 0.717) is 28.1 Å². The third-order valence-corrected chi connectivity index (χ3v) is 12.8. The van der Waals surface area contributed by atoms with Gasteiger partial charge in [-0.3, -0.25) is 4.79 Å². The largest absolute Gasteiger partial charge is 0.458 e. The molecule has 10 atom stereocenters. The number of carbonyl (C=O) groups excluding carboxylic acids is 1. The van der Waals surface area contributed by atoms with E-state index in [1.165, 1.54) is 57.4 Å². The minimum Gasteiger partial charge on any atom is -0.458 e. The molecule has 0 aromatic heterocycles. The topological polar surface area (TPSA) is 26.3 Å². The lowest BCUT2D eigenvalue weighted by atomic mass is 9.34. The Balaban J connectivity index is 1.52. The zero-order valence-electron chi connectivity index (χ0n) is 22.4. The van der Waals surface area contributed by atoms with Crippen LogP contribution < -0.4 is 0 Å². The first-order valence-corrected chi connectivity index (χ1v) is 13.9. The first-order chi connectivity index (χ1) is 15.4. The van der Waals surface area contributed by atoms with Crippen molar-refractivity contribution < 1.29 is 9.53 Å². The average molecular weight is 453 g/mol. The van der Waals surface area contributed by atoms with Gasteiger partial charge in [-0.15, -0.1) is 0 Å². The molecule has 33 heavy (non-hydrogen) atoms. The molecule has 184 valence electrons. The van der Waals surface area contributed by atoms with E-state index in [4.69, 9.17) is 4.74 Å². The van der Waals surface area contributed by atoms with Gasteiger partial charge in [-0.1, -0.05) is 59.8 Å². The summed E-state index contributed by atoms with van der Waals surface area (Å²) >= 11 is 0. The van der Waals surface area contributed by atoms with Crippen LogP contribution in [0.3, 0.4) is 0 Å². The molecule has 0 N–H and O–H groups in total. The third kappa shape index (κ3) is 3.07. The van der Waals surface area contributed by atoms with Crippen molar-refractivity contribution in [2.45, 2.75) is 112 Å². The molecule has 5 aliphatic rings. The molecule has 2 nitrogen and oxygen atoms in total. The Hall–Kier alpha value is -1.05. The quantitative estimate of drug-likeness (QED) is 0.296. The fourth-order valence-corrected chi connectivity index (χ4v) is 10.4. The molecule has 0 aromatic carbocycles. The Morgan fingerprint density at radius 1 is 1.00 bits per heavy atom. The van der Waals surface area contributed by atoms with Gasteiger partial charge in [-0.05, 0) is 115 Å². The predicted octanol–water partition coefficient (Wildman–Crippen LogP) is 8.13. The molecule has 4 saturated carbocycles. The van der Waals surface area contributed by atoms with Crippen LogP contribution in [0.1, 0.15) is 106 Å². The van der Waals surface area contributed by atoms with Gasteiger partial charge in [0, 0.05) is 6.92 Å². The second-order valence-corrected chi connectivity index (χ2v) is 14.0. The molecule has 0 heterocycles. The van der Waals surface area contributed by atoms with E-state index in [1.807, 2.05) is 5.57 Å². The molecule has 0 bridgehead atoms. The van der Waals surface area contributed by atoms with Gasteiger partial charge in [0.25, 0.3) is 0 Å². The van der Waals surface area contributed by atoms with E-state index in [9.17, 15) is 4.79 Å². The minimum atomic E-state index is -0.163. The first kappa shape index (κ1) is 23.7. The highest BCUT2D eigenvalue weighted by Crippen LogP contribution is 2.74. The molecule has 4 fully saturated rings. The molecule has 0 aliphatic heterocycles. The number of ether oxygens (including phenoxy) is 1. The zero-order chi connectivity index (χ0) is 24.0. The number of fused-ring (bicyclic) bond motifs is 7. The number of carbonyl (C=O) groups is 1. The second-order valence-electron chi connectivity index (χ2n) is 14.0. The average Bonchev–Trinajstić information content (AvgIpc) is 2.74. The monoisotopic (exact) mass is 452 g/mol. The van der Waals surface area contributed by atoms with E-state index in [0.717, 1.165) is 30.6 Å². The highest BCUT2D eigenvalue weighted by atomic mass is 16.5. The van der Waals surface area contributed by atoms with Crippen molar-refractivity contribution in [3.63, 3.8) is 0 Å². The van der Waals surface area contributed by atoms with Crippen molar-refractivity contribution in [3.05, 3.63) is 23.8 Å². The summed E-state index contributed by atoms with van der Waals surface area (Å²) in [5.41, 5.74) is 4.47. The van der Waals surface area contributed by atoms with Crippen molar-refractivity contribution in [2.75, 3.05) is 0 Å². The Kier molecular flexibility index (Phi) is 5.36. The first-order valence-electron chi connectivity index (χ1n) is 13.9. The number of rotatable bonds is 1. The second kappa shape index (κ2) is 7.47. The smallest absolute Gasteiger partial charge is 0.303 e. The molecule has 0 saturated heterocycles. The molecular formula is C31H48O2. The highest BCUT2D eigenvalue weighted by Gasteiger charge is 2.66. The molecule has 0 aromatic rings. The van der Waals surface area contributed by atoms with E-state index in [2.05, 4.69) is 54.2 Å². The molecule has 0 spiro atoms. The van der Waals surface area contributed by atoms with Gasteiger partial charge in [0.2, 0.25) is 0 Å². The van der Waals surface area contributed by atoms with Gasteiger partial charge in [0.1, 0.15) is 6.10 Å². The Morgan fingerprint density at radius 2 is 1.73 bits per heavy atom. The fourth-order valence-electron chi connectivity index (χ4n) is 10.4. The van der Waals surface area contributed by atoms with Crippen LogP contribution in [0.5, 0.6) is 0 Å².